The van der Waals surface area contributed by atoms with Crippen molar-refractivity contribution in [2.24, 2.45) is 22.7 Å². The van der Waals surface area contributed by atoms with Crippen molar-refractivity contribution in [3.63, 3.8) is 0 Å². The van der Waals surface area contributed by atoms with Crippen LogP contribution in [0.3, 0.4) is 0 Å². The quantitative estimate of drug-likeness (QED) is 0.178. The van der Waals surface area contributed by atoms with E-state index in [4.69, 9.17) is 14.2 Å². The molecule has 0 heterocycles. The smallest absolute Gasteiger partial charge is 0.321 e. The maximum absolute atomic E-state index is 12.6. The summed E-state index contributed by atoms with van der Waals surface area (Å²) in [6.45, 7) is 17.1. The minimum Gasteiger partial charge on any atom is -0.426 e. The molecule has 0 radical (unpaired) electrons. The number of ether oxygens (including phenoxy) is 3. The normalized spacial score (nSPS) is 30.4. The topological polar surface area (TPSA) is 44.8 Å². The Bertz CT molecular complexity index is 927. The van der Waals surface area contributed by atoms with Crippen LogP contribution in [0.4, 0.5) is 0 Å². The first-order valence-electron chi connectivity index (χ1n) is 14.2. The number of carbonyl (C=O) groups excluding carboxylic acids is 1. The van der Waals surface area contributed by atoms with Crippen LogP contribution in [-0.2, 0) is 26.1 Å². The lowest BCUT2D eigenvalue weighted by Gasteiger charge is -2.61. The van der Waals surface area contributed by atoms with E-state index in [1.165, 1.54) is 43.2 Å². The van der Waals surface area contributed by atoms with Crippen LogP contribution in [0.15, 0.2) is 12.1 Å². The summed E-state index contributed by atoms with van der Waals surface area (Å²) < 4.78 is 16.8. The van der Waals surface area contributed by atoms with Crippen molar-refractivity contribution >= 4 is 17.7 Å². The number of aryl methyl sites for hydroxylation is 1. The second kappa shape index (κ2) is 11.4. The van der Waals surface area contributed by atoms with Gasteiger partial charge in [0.1, 0.15) is 5.75 Å². The van der Waals surface area contributed by atoms with E-state index >= 15 is 0 Å². The summed E-state index contributed by atoms with van der Waals surface area (Å²) in [7, 11) is 0. The first kappa shape index (κ1) is 28.0. The van der Waals surface area contributed by atoms with Crippen molar-refractivity contribution in [2.75, 3.05) is 37.9 Å². The number of fused-ring (bicyclic) bond motifs is 5. The van der Waals surface area contributed by atoms with Gasteiger partial charge >= 0.3 is 5.97 Å². The number of hydrogen-bond acceptors (Lipinski definition) is 5. The third-order valence-electron chi connectivity index (χ3n) is 9.72. The van der Waals surface area contributed by atoms with Gasteiger partial charge in [-0.15, -0.1) is 11.8 Å². The number of carbonyl (C=O) groups is 1. The molecule has 1 aromatic rings. The van der Waals surface area contributed by atoms with Crippen LogP contribution in [0, 0.1) is 29.6 Å². The van der Waals surface area contributed by atoms with Crippen LogP contribution >= 0.6 is 11.8 Å². The number of rotatable bonds is 11. The van der Waals surface area contributed by atoms with E-state index in [0.29, 0.717) is 48.1 Å². The number of thioether (sulfide) groups is 1. The van der Waals surface area contributed by atoms with E-state index in [1.807, 2.05) is 0 Å². The van der Waals surface area contributed by atoms with Crippen LogP contribution in [0.5, 0.6) is 5.75 Å². The standard InChI is InChI=1S/C31H48O4S/c1-7-13-33-14-15-34-16-17-36-21-27(32)35-24-18-22(2)28-23(19-24)20-26-30(5)11-8-10-29(3,4)25(30)9-12-31(26,28)6/h18-19,25-26H,7-17,20-21H2,1-6H3/t25-,26-,30-,31-/m0/s1. The molecule has 1 aromatic carbocycles. The molecule has 0 aliphatic heterocycles. The lowest BCUT2D eigenvalue weighted by atomic mass is 9.43. The lowest BCUT2D eigenvalue weighted by molar-refractivity contribution is -0.131. The Morgan fingerprint density at radius 1 is 1.00 bits per heavy atom. The molecule has 5 heteroatoms. The molecule has 0 aromatic heterocycles. The highest BCUT2D eigenvalue weighted by Crippen LogP contribution is 2.67. The van der Waals surface area contributed by atoms with Crippen LogP contribution in [0.1, 0.15) is 89.8 Å². The zero-order valence-corrected chi connectivity index (χ0v) is 24.4. The highest BCUT2D eigenvalue weighted by Gasteiger charge is 2.61. The van der Waals surface area contributed by atoms with Crippen LogP contribution < -0.4 is 4.74 Å². The molecule has 4 atom stereocenters. The van der Waals surface area contributed by atoms with Gasteiger partial charge in [0.05, 0.1) is 25.6 Å². The molecule has 2 fully saturated rings. The third kappa shape index (κ3) is 5.54. The largest absolute Gasteiger partial charge is 0.426 e. The predicted octanol–water partition coefficient (Wildman–Crippen LogP) is 7.13. The third-order valence-corrected chi connectivity index (χ3v) is 10.6. The highest BCUT2D eigenvalue weighted by molar-refractivity contribution is 7.99. The molecular weight excluding hydrogens is 468 g/mol. The minimum absolute atomic E-state index is 0.173. The molecule has 0 spiro atoms. The van der Waals surface area contributed by atoms with Gasteiger partial charge in [0.25, 0.3) is 0 Å². The van der Waals surface area contributed by atoms with E-state index in [2.05, 4.69) is 53.7 Å². The van der Waals surface area contributed by atoms with E-state index in [-0.39, 0.29) is 11.4 Å². The van der Waals surface area contributed by atoms with E-state index in [1.54, 1.807) is 17.3 Å². The lowest BCUT2D eigenvalue weighted by Crippen LogP contribution is -2.55. The molecule has 0 unspecified atom stereocenters. The molecule has 36 heavy (non-hydrogen) atoms. The van der Waals surface area contributed by atoms with Gasteiger partial charge < -0.3 is 14.2 Å². The highest BCUT2D eigenvalue weighted by atomic mass is 32.2. The van der Waals surface area contributed by atoms with Gasteiger partial charge in [-0.05, 0) is 102 Å². The summed E-state index contributed by atoms with van der Waals surface area (Å²) in [4.78, 5) is 12.6. The fourth-order valence-corrected chi connectivity index (χ4v) is 8.99. The number of hydrogen-bond donors (Lipinski definition) is 0. The first-order valence-corrected chi connectivity index (χ1v) is 15.3. The van der Waals surface area contributed by atoms with Crippen LogP contribution in [0.2, 0.25) is 0 Å². The van der Waals surface area contributed by atoms with E-state index < -0.39 is 0 Å². The van der Waals surface area contributed by atoms with Crippen LogP contribution in [0.25, 0.3) is 0 Å². The fraction of sp³-hybridized carbons (Fsp3) is 0.774. The van der Waals surface area contributed by atoms with Crippen molar-refractivity contribution in [3.8, 4) is 5.75 Å². The summed E-state index contributed by atoms with van der Waals surface area (Å²) in [5, 5.41) is 0. The second-order valence-corrected chi connectivity index (χ2v) is 13.7. The Hall–Kier alpha value is -1.04. The Morgan fingerprint density at radius 2 is 1.75 bits per heavy atom. The molecule has 0 saturated heterocycles. The summed E-state index contributed by atoms with van der Waals surface area (Å²) in [5.41, 5.74) is 5.32. The van der Waals surface area contributed by atoms with Crippen molar-refractivity contribution in [1.29, 1.82) is 0 Å². The van der Waals surface area contributed by atoms with Gasteiger partial charge in [-0.25, -0.2) is 0 Å². The zero-order valence-electron chi connectivity index (χ0n) is 23.5. The Balaban J connectivity index is 1.35. The first-order chi connectivity index (χ1) is 17.1. The fourth-order valence-electron chi connectivity index (χ4n) is 8.39. The van der Waals surface area contributed by atoms with Crippen molar-refractivity contribution < 1.29 is 19.0 Å². The molecule has 4 rings (SSSR count). The van der Waals surface area contributed by atoms with Gasteiger partial charge in [0.15, 0.2) is 0 Å². The molecule has 0 amide bonds. The molecule has 2 saturated carbocycles. The monoisotopic (exact) mass is 516 g/mol. The SMILES string of the molecule is CCCOCCOCCSCC(=O)Oc1cc(C)c2c(c1)C[C@H]1[C@@]3(C)CCCC(C)(C)[C@@H]3CC[C@]21C. The molecule has 0 bridgehead atoms. The average Bonchev–Trinajstić information content (AvgIpc) is 3.11. The van der Waals surface area contributed by atoms with Crippen molar-refractivity contribution in [1.82, 2.24) is 0 Å². The Kier molecular flexibility index (Phi) is 8.84. The van der Waals surface area contributed by atoms with Gasteiger partial charge in [-0.3, -0.25) is 4.79 Å². The molecule has 3 aliphatic carbocycles. The molecule has 3 aliphatic rings. The van der Waals surface area contributed by atoms with Crippen molar-refractivity contribution in [2.45, 2.75) is 91.9 Å². The number of esters is 1. The summed E-state index contributed by atoms with van der Waals surface area (Å²) >= 11 is 1.57. The van der Waals surface area contributed by atoms with Gasteiger partial charge in [0, 0.05) is 12.4 Å². The van der Waals surface area contributed by atoms with Crippen molar-refractivity contribution in [3.05, 3.63) is 28.8 Å². The second-order valence-electron chi connectivity index (χ2n) is 12.6. The summed E-state index contributed by atoms with van der Waals surface area (Å²) in [6.07, 6.45) is 8.81. The maximum atomic E-state index is 12.6. The van der Waals surface area contributed by atoms with E-state index in [9.17, 15) is 4.79 Å². The average molecular weight is 517 g/mol. The summed E-state index contributed by atoms with van der Waals surface area (Å²) in [5.74, 6) is 3.14. The van der Waals surface area contributed by atoms with Gasteiger partial charge in [0.2, 0.25) is 0 Å². The predicted molar refractivity (Wildman–Crippen MR) is 149 cm³/mol. The summed E-state index contributed by atoms with van der Waals surface area (Å²) in [6, 6.07) is 4.29. The molecular formula is C31H48O4S. The zero-order chi connectivity index (χ0) is 26.0. The van der Waals surface area contributed by atoms with E-state index in [0.717, 1.165) is 31.1 Å². The Morgan fingerprint density at radius 3 is 2.50 bits per heavy atom. The molecule has 0 N–H and O–H groups in total. The minimum atomic E-state index is -0.173. The van der Waals surface area contributed by atoms with Gasteiger partial charge in [-0.2, -0.15) is 0 Å². The Labute approximate surface area is 223 Å². The molecule has 4 nitrogen and oxygen atoms in total. The molecule has 202 valence electrons. The number of benzene rings is 1. The van der Waals surface area contributed by atoms with Crippen LogP contribution in [-0.4, -0.2) is 43.9 Å². The maximum Gasteiger partial charge on any atom is 0.321 e. The van der Waals surface area contributed by atoms with Gasteiger partial charge in [-0.1, -0.05) is 41.0 Å².